The first-order valence-corrected chi connectivity index (χ1v) is 15.3. The van der Waals surface area contributed by atoms with Crippen LogP contribution < -0.4 is 4.74 Å². The number of benzene rings is 1. The normalized spacial score (nSPS) is 12.7. The number of halogens is 1. The molecule has 0 heterocycles. The molecule has 0 unspecified atom stereocenters. The summed E-state index contributed by atoms with van der Waals surface area (Å²) in [5.74, 6) is -0.734. The number of aryl methyl sites for hydroxylation is 1. The molecule has 1 rings (SSSR count). The Bertz CT molecular complexity index is 951. The number of ether oxygens (including phenoxy) is 4. The Kier molecular flexibility index (Phi) is 11.0. The molecule has 0 saturated heterocycles. The van der Waals surface area contributed by atoms with E-state index in [1.54, 1.807) is 47.6 Å². The molecule has 10 nitrogen and oxygen atoms in total. The maximum absolute atomic E-state index is 13.2. The Labute approximate surface area is 220 Å². The van der Waals surface area contributed by atoms with Gasteiger partial charge in [-0.3, -0.25) is 0 Å². The van der Waals surface area contributed by atoms with Gasteiger partial charge >= 0.3 is 221 Å². The second kappa shape index (κ2) is 12.6. The van der Waals surface area contributed by atoms with E-state index in [2.05, 4.69) is 0 Å². The van der Waals surface area contributed by atoms with Crippen molar-refractivity contribution in [3.05, 3.63) is 26.8 Å². The van der Waals surface area contributed by atoms with Gasteiger partial charge in [0.1, 0.15) is 0 Å². The molecule has 0 aliphatic carbocycles. The summed E-state index contributed by atoms with van der Waals surface area (Å²) in [5, 5.41) is 0. The minimum atomic E-state index is -2.48. The van der Waals surface area contributed by atoms with Gasteiger partial charge in [-0.25, -0.2) is 0 Å². The Balaban J connectivity index is 3.70. The predicted molar refractivity (Wildman–Crippen MR) is 142 cm³/mol. The predicted octanol–water partition coefficient (Wildman–Crippen LogP) is 5.04. The van der Waals surface area contributed by atoms with E-state index in [4.69, 9.17) is 22.0 Å². The van der Waals surface area contributed by atoms with Crippen LogP contribution in [0.15, 0.2) is 12.1 Å². The second-order valence-corrected chi connectivity index (χ2v) is 14.0. The first-order chi connectivity index (χ1) is 16.4. The Morgan fingerprint density at radius 2 is 1.44 bits per heavy atom. The van der Waals surface area contributed by atoms with E-state index < -0.39 is 61.6 Å². The van der Waals surface area contributed by atoms with Crippen LogP contribution in [-0.2, 0) is 33.3 Å². The molecule has 2 amide bonds. The fourth-order valence-corrected chi connectivity index (χ4v) is 6.52. The monoisotopic (exact) mass is 623 g/mol. The van der Waals surface area contributed by atoms with Gasteiger partial charge in [0.25, 0.3) is 0 Å². The van der Waals surface area contributed by atoms with Crippen LogP contribution in [0.5, 0.6) is 5.75 Å². The number of amides is 2. The average molecular weight is 623 g/mol. The molecular weight excluding hydrogens is 585 g/mol. The van der Waals surface area contributed by atoms with Crippen molar-refractivity contribution in [1.82, 2.24) is 4.90 Å². The summed E-state index contributed by atoms with van der Waals surface area (Å²) in [6.07, 6.45) is -2.25. The van der Waals surface area contributed by atoms with E-state index in [0.717, 1.165) is 16.2 Å². The van der Waals surface area contributed by atoms with Gasteiger partial charge in [-0.15, -0.1) is 0 Å². The second-order valence-electron chi connectivity index (χ2n) is 9.98. The minimum absolute atomic E-state index is 0.139. The van der Waals surface area contributed by atoms with Gasteiger partial charge in [0.05, 0.1) is 0 Å². The molecular formula is C25H38INO9. The van der Waals surface area contributed by atoms with Gasteiger partial charge in [0.15, 0.2) is 0 Å². The van der Waals surface area contributed by atoms with Crippen molar-refractivity contribution in [3.63, 3.8) is 0 Å². The average Bonchev–Trinajstić information content (AvgIpc) is 2.70. The zero-order valence-corrected chi connectivity index (χ0v) is 25.1. The topological polar surface area (TPSA) is 118 Å². The van der Waals surface area contributed by atoms with Crippen LogP contribution >= 0.6 is 20.2 Å². The fraction of sp³-hybridized carbons (Fsp3) is 0.600. The summed E-state index contributed by atoms with van der Waals surface area (Å²) >= 11 is -2.48. The van der Waals surface area contributed by atoms with Crippen molar-refractivity contribution >= 4 is 44.4 Å². The summed E-state index contributed by atoms with van der Waals surface area (Å²) in [5.41, 5.74) is -0.529. The molecule has 0 radical (unpaired) electrons. The van der Waals surface area contributed by atoms with Crippen molar-refractivity contribution < 1.29 is 41.2 Å². The van der Waals surface area contributed by atoms with Crippen LogP contribution in [-0.4, -0.2) is 65.4 Å². The molecule has 0 aliphatic heterocycles. The number of hydrogen-bond donors (Lipinski definition) is 0. The third-order valence-electron chi connectivity index (χ3n) is 4.45. The maximum atomic E-state index is 13.2. The van der Waals surface area contributed by atoms with Crippen molar-refractivity contribution in [2.24, 2.45) is 0 Å². The number of methoxy groups -OCH3 is 2. The van der Waals surface area contributed by atoms with Crippen molar-refractivity contribution in [3.8, 4) is 5.75 Å². The molecule has 11 heteroatoms. The molecule has 36 heavy (non-hydrogen) atoms. The molecule has 1 atom stereocenters. The van der Waals surface area contributed by atoms with Crippen LogP contribution in [0.1, 0.15) is 59.6 Å². The molecule has 1 aromatic carbocycles. The number of rotatable bonds is 7. The van der Waals surface area contributed by atoms with E-state index in [1.807, 2.05) is 17.9 Å². The van der Waals surface area contributed by atoms with Crippen LogP contribution in [0.25, 0.3) is 0 Å². The van der Waals surface area contributed by atoms with Crippen molar-refractivity contribution in [2.75, 3.05) is 19.2 Å². The van der Waals surface area contributed by atoms with E-state index in [9.17, 15) is 19.2 Å². The fourth-order valence-electron chi connectivity index (χ4n) is 3.10. The quantitative estimate of drug-likeness (QED) is 0.178. The summed E-state index contributed by atoms with van der Waals surface area (Å²) < 4.78 is 27.6. The Morgan fingerprint density at radius 3 is 1.83 bits per heavy atom. The van der Waals surface area contributed by atoms with E-state index in [-0.39, 0.29) is 6.42 Å². The Morgan fingerprint density at radius 1 is 0.944 bits per heavy atom. The molecule has 0 N–H and O–H groups in total. The molecule has 0 aliphatic rings. The van der Waals surface area contributed by atoms with Gasteiger partial charge in [-0.2, -0.15) is 0 Å². The van der Waals surface area contributed by atoms with Gasteiger partial charge < -0.3 is 0 Å². The third-order valence-corrected chi connectivity index (χ3v) is 8.38. The zero-order valence-electron chi connectivity index (χ0n) is 22.9. The van der Waals surface area contributed by atoms with Crippen molar-refractivity contribution in [2.45, 2.75) is 79.1 Å². The molecule has 0 spiro atoms. The number of imide groups is 1. The molecule has 1 aromatic rings. The molecule has 0 saturated carbocycles. The SMILES string of the molecule is COC(=O)[C@H](Cc1cc(OC)c(C)cc1I(C)OC(C)=O)N(C(=O)OC(C)(C)C)C(=O)OC(C)(C)C. The Hall–Kier alpha value is -2.57. The first kappa shape index (κ1) is 31.5. The van der Waals surface area contributed by atoms with Crippen LogP contribution in [0, 0.1) is 10.5 Å². The summed E-state index contributed by atoms with van der Waals surface area (Å²) in [6, 6.07) is 2.12. The van der Waals surface area contributed by atoms with Crippen LogP contribution in [0.4, 0.5) is 9.59 Å². The molecule has 0 bridgehead atoms. The van der Waals surface area contributed by atoms with Gasteiger partial charge in [-0.1, -0.05) is 0 Å². The summed E-state index contributed by atoms with van der Waals surface area (Å²) in [4.78, 5) is 53.5. The standard InChI is InChI=1S/C25H38INO9/c1-15-12-18(26(9)36-16(2)28)17(14-20(15)32-10)13-19(21(29)33-11)27(22(30)34-24(3,4)5)23(31)35-25(6,7)8/h12,14,19H,13H2,1-11H3/t19-/m0/s1. The molecule has 204 valence electrons. The zero-order chi connectivity index (χ0) is 28.0. The number of hydrogen-bond acceptors (Lipinski definition) is 9. The van der Waals surface area contributed by atoms with Crippen LogP contribution in [0.3, 0.4) is 0 Å². The van der Waals surface area contributed by atoms with Crippen molar-refractivity contribution in [1.29, 1.82) is 0 Å². The number of carbonyl (C=O) groups is 4. The summed E-state index contributed by atoms with van der Waals surface area (Å²) in [6.45, 7) is 13.0. The van der Waals surface area contributed by atoms with E-state index in [1.165, 1.54) is 14.0 Å². The number of nitrogens with zero attached hydrogens (tertiary/aromatic N) is 1. The molecule has 0 aromatic heterocycles. The first-order valence-electron chi connectivity index (χ1n) is 11.2. The summed E-state index contributed by atoms with van der Waals surface area (Å²) in [7, 11) is 2.66. The molecule has 0 fully saturated rings. The number of carbonyl (C=O) groups excluding carboxylic acids is 4. The van der Waals surface area contributed by atoms with E-state index >= 15 is 0 Å². The number of alkyl halides is 1. The van der Waals surface area contributed by atoms with Gasteiger partial charge in [-0.05, 0) is 0 Å². The van der Waals surface area contributed by atoms with E-state index in [0.29, 0.717) is 16.2 Å². The number of esters is 1. The third kappa shape index (κ3) is 9.47. The van der Waals surface area contributed by atoms with Gasteiger partial charge in [0.2, 0.25) is 0 Å². The van der Waals surface area contributed by atoms with Crippen LogP contribution in [0.2, 0.25) is 0 Å². The van der Waals surface area contributed by atoms with Gasteiger partial charge in [0, 0.05) is 0 Å².